The Morgan fingerprint density at radius 2 is 1.80 bits per heavy atom. The van der Waals surface area contributed by atoms with Gasteiger partial charge in [0, 0.05) is 13.6 Å². The zero-order chi connectivity index (χ0) is 21.3. The van der Waals surface area contributed by atoms with Crippen LogP contribution < -0.4 is 14.8 Å². The summed E-state index contributed by atoms with van der Waals surface area (Å²) in [5.74, 6) is 0.318. The number of amides is 4. The van der Waals surface area contributed by atoms with Gasteiger partial charge in [0.1, 0.15) is 25.3 Å². The maximum Gasteiger partial charge on any atom is 0.325 e. The van der Waals surface area contributed by atoms with E-state index in [1.165, 1.54) is 4.90 Å². The minimum atomic E-state index is -1.29. The maximum atomic E-state index is 13.1. The van der Waals surface area contributed by atoms with Crippen LogP contribution >= 0.6 is 0 Å². The van der Waals surface area contributed by atoms with E-state index in [2.05, 4.69) is 5.32 Å². The SMILES string of the molecule is CN(Cc1ccccc1)C(=O)CN1C(=O)N[C@@](C)(c2ccc3c(c2)OCCO3)C1=O. The normalized spacial score (nSPS) is 20.1. The molecule has 2 aromatic carbocycles. The number of imide groups is 1. The molecule has 8 nitrogen and oxygen atoms in total. The zero-order valence-corrected chi connectivity index (χ0v) is 16.9. The molecule has 2 aliphatic rings. The lowest BCUT2D eigenvalue weighted by Crippen LogP contribution is -2.43. The van der Waals surface area contributed by atoms with Crippen molar-refractivity contribution in [3.8, 4) is 11.5 Å². The summed E-state index contributed by atoms with van der Waals surface area (Å²) >= 11 is 0. The number of hydrogen-bond donors (Lipinski definition) is 1. The van der Waals surface area contributed by atoms with Gasteiger partial charge in [0.2, 0.25) is 5.91 Å². The average Bonchev–Trinajstić information content (AvgIpc) is 2.98. The van der Waals surface area contributed by atoms with Crippen molar-refractivity contribution in [3.63, 3.8) is 0 Å². The first kappa shape index (κ1) is 19.8. The Morgan fingerprint density at radius 1 is 1.10 bits per heavy atom. The summed E-state index contributed by atoms with van der Waals surface area (Å²) in [6.07, 6.45) is 0. The monoisotopic (exact) mass is 409 g/mol. The number of benzene rings is 2. The van der Waals surface area contributed by atoms with Gasteiger partial charge in [-0.25, -0.2) is 4.79 Å². The molecule has 0 unspecified atom stereocenters. The van der Waals surface area contributed by atoms with Crippen LogP contribution in [0.15, 0.2) is 48.5 Å². The molecule has 156 valence electrons. The molecule has 1 saturated heterocycles. The van der Waals surface area contributed by atoms with Gasteiger partial charge in [-0.2, -0.15) is 0 Å². The van der Waals surface area contributed by atoms with Crippen LogP contribution in [0.1, 0.15) is 18.1 Å². The molecule has 2 aromatic rings. The Kier molecular flexibility index (Phi) is 5.07. The largest absolute Gasteiger partial charge is 0.486 e. The van der Waals surface area contributed by atoms with E-state index >= 15 is 0 Å². The molecular formula is C22H23N3O5. The van der Waals surface area contributed by atoms with E-state index in [9.17, 15) is 14.4 Å². The summed E-state index contributed by atoms with van der Waals surface area (Å²) in [6.45, 7) is 2.57. The summed E-state index contributed by atoms with van der Waals surface area (Å²) < 4.78 is 11.1. The van der Waals surface area contributed by atoms with Gasteiger partial charge in [-0.3, -0.25) is 14.5 Å². The summed E-state index contributed by atoms with van der Waals surface area (Å²) in [5, 5.41) is 2.72. The number of rotatable bonds is 5. The Labute approximate surface area is 174 Å². The topological polar surface area (TPSA) is 88.2 Å². The molecule has 8 heteroatoms. The van der Waals surface area contributed by atoms with Gasteiger partial charge < -0.3 is 19.7 Å². The number of fused-ring (bicyclic) bond motifs is 1. The van der Waals surface area contributed by atoms with Gasteiger partial charge in [-0.1, -0.05) is 36.4 Å². The standard InChI is InChI=1S/C22H23N3O5/c1-22(16-8-9-17-18(12-16)30-11-10-29-17)20(27)25(21(28)23-22)14-19(26)24(2)13-15-6-4-3-5-7-15/h3-9,12H,10-11,13-14H2,1-2H3,(H,23,28)/t22-/m0/s1. The average molecular weight is 409 g/mol. The van der Waals surface area contributed by atoms with Gasteiger partial charge in [-0.05, 0) is 30.2 Å². The van der Waals surface area contributed by atoms with E-state index in [1.54, 1.807) is 32.2 Å². The van der Waals surface area contributed by atoms with E-state index < -0.39 is 17.5 Å². The number of likely N-dealkylation sites (N-methyl/N-ethyl adjacent to an activating group) is 1. The van der Waals surface area contributed by atoms with Gasteiger partial charge in [0.05, 0.1) is 0 Å². The van der Waals surface area contributed by atoms with Crippen molar-refractivity contribution in [3.05, 3.63) is 59.7 Å². The fourth-order valence-electron chi connectivity index (χ4n) is 3.59. The molecule has 1 fully saturated rings. The second kappa shape index (κ2) is 7.70. The number of hydrogen-bond acceptors (Lipinski definition) is 5. The summed E-state index contributed by atoms with van der Waals surface area (Å²) in [7, 11) is 1.65. The second-order valence-electron chi connectivity index (χ2n) is 7.54. The number of urea groups is 1. The molecule has 0 saturated carbocycles. The van der Waals surface area contributed by atoms with E-state index in [0.29, 0.717) is 36.8 Å². The third kappa shape index (κ3) is 3.56. The molecule has 1 N–H and O–H groups in total. The van der Waals surface area contributed by atoms with Gasteiger partial charge in [0.25, 0.3) is 5.91 Å². The highest BCUT2D eigenvalue weighted by Gasteiger charge is 2.50. The fourth-order valence-corrected chi connectivity index (χ4v) is 3.59. The molecule has 2 heterocycles. The van der Waals surface area contributed by atoms with Crippen LogP contribution in [0.5, 0.6) is 11.5 Å². The minimum absolute atomic E-state index is 0.325. The Bertz CT molecular complexity index is 994. The van der Waals surface area contributed by atoms with Crippen LogP contribution in [0.3, 0.4) is 0 Å². The molecule has 0 aliphatic carbocycles. The molecular weight excluding hydrogens is 386 g/mol. The third-order valence-corrected chi connectivity index (χ3v) is 5.38. The molecule has 0 aromatic heterocycles. The van der Waals surface area contributed by atoms with Crippen LogP contribution in [-0.4, -0.2) is 54.5 Å². The number of nitrogens with zero attached hydrogens (tertiary/aromatic N) is 2. The highest BCUT2D eigenvalue weighted by atomic mass is 16.6. The van der Waals surface area contributed by atoms with Crippen molar-refractivity contribution in [2.75, 3.05) is 26.8 Å². The second-order valence-corrected chi connectivity index (χ2v) is 7.54. The molecule has 0 spiro atoms. The first-order valence-corrected chi connectivity index (χ1v) is 9.70. The van der Waals surface area contributed by atoms with Crippen LogP contribution in [0.4, 0.5) is 4.79 Å². The lowest BCUT2D eigenvalue weighted by molar-refractivity contribution is -0.138. The predicted octanol–water partition coefficient (Wildman–Crippen LogP) is 1.88. The molecule has 2 aliphatic heterocycles. The van der Waals surface area contributed by atoms with Gasteiger partial charge in [-0.15, -0.1) is 0 Å². The van der Waals surface area contributed by atoms with E-state index in [0.717, 1.165) is 10.5 Å². The summed E-state index contributed by atoms with van der Waals surface area (Å²) in [6, 6.07) is 14.0. The Balaban J connectivity index is 1.49. The number of nitrogens with one attached hydrogen (secondary N) is 1. The van der Waals surface area contributed by atoms with E-state index in [-0.39, 0.29) is 12.5 Å². The molecule has 4 amide bonds. The molecule has 0 bridgehead atoms. The van der Waals surface area contributed by atoms with Gasteiger partial charge in [0.15, 0.2) is 11.5 Å². The van der Waals surface area contributed by atoms with Crippen LogP contribution in [0, 0.1) is 0 Å². The zero-order valence-electron chi connectivity index (χ0n) is 16.9. The summed E-state index contributed by atoms with van der Waals surface area (Å²) in [5.41, 5.74) is 0.245. The molecule has 30 heavy (non-hydrogen) atoms. The van der Waals surface area contributed by atoms with E-state index in [4.69, 9.17) is 9.47 Å². The number of ether oxygens (including phenoxy) is 2. The van der Waals surface area contributed by atoms with Crippen molar-refractivity contribution >= 4 is 17.8 Å². The van der Waals surface area contributed by atoms with Crippen molar-refractivity contribution in [1.29, 1.82) is 0 Å². The van der Waals surface area contributed by atoms with Crippen molar-refractivity contribution in [2.24, 2.45) is 0 Å². The van der Waals surface area contributed by atoms with Gasteiger partial charge >= 0.3 is 6.03 Å². The number of carbonyl (C=O) groups is 3. The Hall–Kier alpha value is -3.55. The smallest absolute Gasteiger partial charge is 0.325 e. The third-order valence-electron chi connectivity index (χ3n) is 5.38. The lowest BCUT2D eigenvalue weighted by Gasteiger charge is -2.25. The molecule has 4 rings (SSSR count). The minimum Gasteiger partial charge on any atom is -0.486 e. The first-order valence-electron chi connectivity index (χ1n) is 9.70. The highest BCUT2D eigenvalue weighted by Crippen LogP contribution is 2.36. The highest BCUT2D eigenvalue weighted by molar-refractivity contribution is 6.09. The van der Waals surface area contributed by atoms with Crippen molar-refractivity contribution in [2.45, 2.75) is 19.0 Å². The first-order chi connectivity index (χ1) is 14.4. The van der Waals surface area contributed by atoms with Crippen molar-refractivity contribution in [1.82, 2.24) is 15.1 Å². The fraction of sp³-hybridized carbons (Fsp3) is 0.318. The van der Waals surface area contributed by atoms with Crippen LogP contribution in [0.25, 0.3) is 0 Å². The van der Waals surface area contributed by atoms with Crippen molar-refractivity contribution < 1.29 is 23.9 Å². The quantitative estimate of drug-likeness (QED) is 0.762. The lowest BCUT2D eigenvalue weighted by atomic mass is 9.91. The maximum absolute atomic E-state index is 13.1. The van der Waals surface area contributed by atoms with Crippen LogP contribution in [0.2, 0.25) is 0 Å². The summed E-state index contributed by atoms with van der Waals surface area (Å²) in [4.78, 5) is 40.8. The molecule has 1 atom stereocenters. The Morgan fingerprint density at radius 3 is 2.53 bits per heavy atom. The molecule has 0 radical (unpaired) electrons. The number of carbonyl (C=O) groups excluding carboxylic acids is 3. The van der Waals surface area contributed by atoms with Crippen LogP contribution in [-0.2, 0) is 21.7 Å². The van der Waals surface area contributed by atoms with E-state index in [1.807, 2.05) is 30.3 Å². The predicted molar refractivity (Wildman–Crippen MR) is 108 cm³/mol.